The lowest BCUT2D eigenvalue weighted by Gasteiger charge is -2.22. The van der Waals surface area contributed by atoms with Gasteiger partial charge in [-0.3, -0.25) is 4.79 Å². The summed E-state index contributed by atoms with van der Waals surface area (Å²) in [6, 6.07) is 0.375. The van der Waals surface area contributed by atoms with Crippen LogP contribution < -0.4 is 5.32 Å². The number of hydrogen-bond donors (Lipinski definition) is 1. The van der Waals surface area contributed by atoms with Crippen LogP contribution in [-0.4, -0.2) is 30.0 Å². The minimum absolute atomic E-state index is 0.0663. The molecule has 1 saturated heterocycles. The molecule has 2 fully saturated rings. The Balaban J connectivity index is 1.86. The highest BCUT2D eigenvalue weighted by atomic mass is 79.9. The van der Waals surface area contributed by atoms with Crippen molar-refractivity contribution in [1.82, 2.24) is 5.32 Å². The highest BCUT2D eigenvalue weighted by Gasteiger charge is 2.34. The lowest BCUT2D eigenvalue weighted by molar-refractivity contribution is -0.127. The molecule has 4 atom stereocenters. The molecular formula is C12H20BrNO2. The second kappa shape index (κ2) is 5.50. The largest absolute Gasteiger partial charge is 0.378 e. The maximum absolute atomic E-state index is 12.1. The number of carbonyl (C=O) groups excluding carboxylic acids is 1. The summed E-state index contributed by atoms with van der Waals surface area (Å²) in [5, 5.41) is 4.20. The first-order valence-corrected chi connectivity index (χ1v) is 7.32. The fourth-order valence-corrected chi connectivity index (χ4v) is 3.55. The van der Waals surface area contributed by atoms with Gasteiger partial charge >= 0.3 is 0 Å². The minimum atomic E-state index is 0.0663. The van der Waals surface area contributed by atoms with Crippen molar-refractivity contribution in [2.24, 2.45) is 11.8 Å². The van der Waals surface area contributed by atoms with Crippen molar-refractivity contribution < 1.29 is 9.53 Å². The van der Waals surface area contributed by atoms with Crippen molar-refractivity contribution in [2.75, 3.05) is 11.9 Å². The molecule has 1 N–H and O–H groups in total. The molecule has 0 aromatic heterocycles. The number of amides is 1. The molecule has 0 aromatic carbocycles. The molecule has 4 unspecified atom stereocenters. The Labute approximate surface area is 105 Å². The Hall–Kier alpha value is -0.0900. The van der Waals surface area contributed by atoms with Crippen LogP contribution in [0.4, 0.5) is 0 Å². The molecule has 2 aliphatic rings. The molecular weight excluding hydrogens is 270 g/mol. The average molecular weight is 290 g/mol. The van der Waals surface area contributed by atoms with Gasteiger partial charge in [-0.25, -0.2) is 0 Å². The molecule has 0 radical (unpaired) electrons. The van der Waals surface area contributed by atoms with Crippen LogP contribution in [-0.2, 0) is 9.53 Å². The third-order valence-electron chi connectivity index (χ3n) is 3.90. The number of nitrogens with one attached hydrogen (secondary N) is 1. The number of halogens is 1. The Bertz CT molecular complexity index is 259. The third kappa shape index (κ3) is 2.59. The SMILES string of the molecule is CC1OCCC1C(=O)NC1CCCC1CBr. The zero-order valence-electron chi connectivity index (χ0n) is 9.75. The maximum atomic E-state index is 12.1. The van der Waals surface area contributed by atoms with Crippen LogP contribution in [0.15, 0.2) is 0 Å². The first-order valence-electron chi connectivity index (χ1n) is 6.20. The van der Waals surface area contributed by atoms with Crippen LogP contribution in [0.2, 0.25) is 0 Å². The molecule has 16 heavy (non-hydrogen) atoms. The maximum Gasteiger partial charge on any atom is 0.226 e. The molecule has 1 heterocycles. The summed E-state index contributed by atoms with van der Waals surface area (Å²) in [4.78, 5) is 12.1. The summed E-state index contributed by atoms with van der Waals surface area (Å²) in [6.45, 7) is 2.72. The molecule has 4 heteroatoms. The molecule has 3 nitrogen and oxygen atoms in total. The highest BCUT2D eigenvalue weighted by molar-refractivity contribution is 9.09. The number of rotatable bonds is 3. The monoisotopic (exact) mass is 289 g/mol. The Morgan fingerprint density at radius 1 is 1.44 bits per heavy atom. The number of carbonyl (C=O) groups is 1. The predicted octanol–water partition coefficient (Wildman–Crippen LogP) is 2.09. The Morgan fingerprint density at radius 2 is 2.25 bits per heavy atom. The van der Waals surface area contributed by atoms with Crippen molar-refractivity contribution in [2.45, 2.75) is 44.8 Å². The van der Waals surface area contributed by atoms with E-state index >= 15 is 0 Å². The summed E-state index contributed by atoms with van der Waals surface area (Å²) < 4.78 is 5.43. The van der Waals surface area contributed by atoms with Crippen LogP contribution in [0, 0.1) is 11.8 Å². The molecule has 1 aliphatic heterocycles. The average Bonchev–Trinajstić information content (AvgIpc) is 2.86. The minimum Gasteiger partial charge on any atom is -0.378 e. The van der Waals surface area contributed by atoms with Gasteiger partial charge in [-0.1, -0.05) is 22.4 Å². The Kier molecular flexibility index (Phi) is 4.25. The lowest BCUT2D eigenvalue weighted by Crippen LogP contribution is -2.42. The van der Waals surface area contributed by atoms with E-state index in [1.165, 1.54) is 12.8 Å². The van der Waals surface area contributed by atoms with Gasteiger partial charge in [0, 0.05) is 18.0 Å². The van der Waals surface area contributed by atoms with Gasteiger partial charge in [0.2, 0.25) is 5.91 Å². The summed E-state index contributed by atoms with van der Waals surface area (Å²) in [7, 11) is 0. The van der Waals surface area contributed by atoms with Gasteiger partial charge in [-0.2, -0.15) is 0 Å². The molecule has 1 amide bonds. The van der Waals surface area contributed by atoms with E-state index in [0.717, 1.165) is 24.8 Å². The van der Waals surface area contributed by atoms with Gasteiger partial charge in [0.1, 0.15) is 0 Å². The van der Waals surface area contributed by atoms with Crippen molar-refractivity contribution in [3.05, 3.63) is 0 Å². The van der Waals surface area contributed by atoms with Crippen molar-refractivity contribution in [1.29, 1.82) is 0 Å². The zero-order valence-corrected chi connectivity index (χ0v) is 11.3. The van der Waals surface area contributed by atoms with E-state index in [1.54, 1.807) is 0 Å². The van der Waals surface area contributed by atoms with Gasteiger partial charge in [0.15, 0.2) is 0 Å². The fraction of sp³-hybridized carbons (Fsp3) is 0.917. The van der Waals surface area contributed by atoms with Crippen LogP contribution in [0.3, 0.4) is 0 Å². The van der Waals surface area contributed by atoms with Crippen molar-refractivity contribution in [3.63, 3.8) is 0 Å². The van der Waals surface area contributed by atoms with Crippen LogP contribution in [0.5, 0.6) is 0 Å². The second-order valence-corrected chi connectivity index (χ2v) is 5.58. The van der Waals surface area contributed by atoms with Crippen LogP contribution in [0.1, 0.15) is 32.6 Å². The van der Waals surface area contributed by atoms with Crippen molar-refractivity contribution in [3.8, 4) is 0 Å². The lowest BCUT2D eigenvalue weighted by atomic mass is 10.00. The second-order valence-electron chi connectivity index (χ2n) is 4.93. The molecule has 0 aromatic rings. The Morgan fingerprint density at radius 3 is 2.88 bits per heavy atom. The third-order valence-corrected chi connectivity index (χ3v) is 4.73. The number of hydrogen-bond acceptors (Lipinski definition) is 2. The topological polar surface area (TPSA) is 38.3 Å². The number of ether oxygens (including phenoxy) is 1. The van der Waals surface area contributed by atoms with E-state index in [4.69, 9.17) is 4.74 Å². The van der Waals surface area contributed by atoms with E-state index < -0.39 is 0 Å². The van der Waals surface area contributed by atoms with Gasteiger partial charge in [0.05, 0.1) is 12.0 Å². The van der Waals surface area contributed by atoms with Gasteiger partial charge in [0.25, 0.3) is 0 Å². The zero-order chi connectivity index (χ0) is 11.5. The summed E-state index contributed by atoms with van der Waals surface area (Å²) >= 11 is 3.53. The van der Waals surface area contributed by atoms with E-state index in [-0.39, 0.29) is 17.9 Å². The normalized spacial score (nSPS) is 38.9. The van der Waals surface area contributed by atoms with Crippen LogP contribution in [0.25, 0.3) is 0 Å². The van der Waals surface area contributed by atoms with Gasteiger partial charge in [-0.05, 0) is 32.1 Å². The standard InChI is InChI=1S/C12H20BrNO2/c1-8-10(5-6-16-8)12(15)14-11-4-2-3-9(11)7-13/h8-11H,2-7H2,1H3,(H,14,15). The van der Waals surface area contributed by atoms with E-state index in [9.17, 15) is 4.79 Å². The fourth-order valence-electron chi connectivity index (χ4n) is 2.78. The quantitative estimate of drug-likeness (QED) is 0.808. The summed E-state index contributed by atoms with van der Waals surface area (Å²) in [5.74, 6) is 0.876. The highest BCUT2D eigenvalue weighted by Crippen LogP contribution is 2.28. The molecule has 0 bridgehead atoms. The predicted molar refractivity (Wildman–Crippen MR) is 66.6 cm³/mol. The van der Waals surface area contributed by atoms with Gasteiger partial charge in [-0.15, -0.1) is 0 Å². The van der Waals surface area contributed by atoms with Crippen molar-refractivity contribution >= 4 is 21.8 Å². The summed E-state index contributed by atoms with van der Waals surface area (Å²) in [6.07, 6.45) is 4.55. The molecule has 0 spiro atoms. The first kappa shape index (κ1) is 12.4. The molecule has 1 aliphatic carbocycles. The molecule has 92 valence electrons. The van der Waals surface area contributed by atoms with E-state index in [1.807, 2.05) is 6.92 Å². The van der Waals surface area contributed by atoms with E-state index in [2.05, 4.69) is 21.2 Å². The summed E-state index contributed by atoms with van der Waals surface area (Å²) in [5.41, 5.74) is 0. The molecule has 2 rings (SSSR count). The number of alkyl halides is 1. The smallest absolute Gasteiger partial charge is 0.226 e. The molecule has 1 saturated carbocycles. The van der Waals surface area contributed by atoms with Crippen LogP contribution >= 0.6 is 15.9 Å². The van der Waals surface area contributed by atoms with E-state index in [0.29, 0.717) is 12.0 Å². The van der Waals surface area contributed by atoms with Gasteiger partial charge < -0.3 is 10.1 Å². The first-order chi connectivity index (χ1) is 7.72.